The van der Waals surface area contributed by atoms with Crippen molar-refractivity contribution in [3.63, 3.8) is 0 Å². The van der Waals surface area contributed by atoms with Gasteiger partial charge >= 0.3 is 0 Å². The minimum Gasteiger partial charge on any atom is -0.476 e. The van der Waals surface area contributed by atoms with Gasteiger partial charge in [-0.05, 0) is 64.7 Å². The van der Waals surface area contributed by atoms with Crippen molar-refractivity contribution in [1.82, 2.24) is 10.2 Å². The lowest BCUT2D eigenvalue weighted by Gasteiger charge is -2.39. The zero-order valence-electron chi connectivity index (χ0n) is 24.6. The zero-order valence-corrected chi connectivity index (χ0v) is 25.4. The molecule has 3 nitrogen and oxygen atoms in total. The number of hydrogen-bond donors (Lipinski definition) is 0. The Morgan fingerprint density at radius 2 is 1.21 bits per heavy atom. The van der Waals surface area contributed by atoms with Gasteiger partial charge in [-0.15, -0.1) is 10.2 Å². The first kappa shape index (κ1) is 27.5. The molecular weight excluding hydrogens is 531 g/mol. The van der Waals surface area contributed by atoms with Crippen LogP contribution in [0.4, 0.5) is 0 Å². The van der Waals surface area contributed by atoms with Crippen LogP contribution in [0, 0.1) is 0 Å². The van der Waals surface area contributed by atoms with E-state index in [-0.39, 0.29) is 7.92 Å². The first-order valence-corrected chi connectivity index (χ1v) is 17.6. The quantitative estimate of drug-likeness (QED) is 0.174. The van der Waals surface area contributed by atoms with Crippen molar-refractivity contribution >= 4 is 34.8 Å². The summed E-state index contributed by atoms with van der Waals surface area (Å²) in [5.74, 6) is 0.633. The Hall–Kier alpha value is -3.29. The van der Waals surface area contributed by atoms with Crippen LogP contribution in [0.2, 0.25) is 0 Å². The van der Waals surface area contributed by atoms with Crippen LogP contribution < -0.4 is 10.0 Å². The molecule has 0 radical (unpaired) electrons. The molecule has 0 atom stereocenters. The highest BCUT2D eigenvalue weighted by Gasteiger charge is 2.34. The van der Waals surface area contributed by atoms with Crippen molar-refractivity contribution in [3.8, 4) is 17.1 Å². The monoisotopic (exact) mass is 572 g/mol. The summed E-state index contributed by atoms with van der Waals surface area (Å²) in [5.41, 5.74) is 5.25. The molecule has 4 aromatic carbocycles. The highest BCUT2D eigenvalue weighted by atomic mass is 31.1. The Morgan fingerprint density at radius 1 is 0.595 bits per heavy atom. The number of fused-ring (bicyclic) bond motifs is 2. The lowest BCUT2D eigenvalue weighted by atomic mass is 9.98. The third kappa shape index (κ3) is 5.69. The molecule has 1 heterocycles. The maximum Gasteiger partial charge on any atom is 0.241 e. The van der Waals surface area contributed by atoms with Gasteiger partial charge in [-0.25, -0.2) is 0 Å². The molecule has 0 aliphatic heterocycles. The summed E-state index contributed by atoms with van der Waals surface area (Å²) in [6, 6.07) is 32.9. The van der Waals surface area contributed by atoms with Gasteiger partial charge < -0.3 is 4.74 Å². The first-order valence-electron chi connectivity index (χ1n) is 16.1. The summed E-state index contributed by atoms with van der Waals surface area (Å²) in [5, 5.41) is 16.2. The van der Waals surface area contributed by atoms with E-state index in [2.05, 4.69) is 91.0 Å². The average molecular weight is 573 g/mol. The number of rotatable bonds is 8. The predicted octanol–water partition coefficient (Wildman–Crippen LogP) is 9.84. The third-order valence-electron chi connectivity index (χ3n) is 9.48. The lowest BCUT2D eigenvalue weighted by Crippen LogP contribution is -2.27. The molecule has 0 saturated heterocycles. The predicted molar refractivity (Wildman–Crippen MR) is 178 cm³/mol. The van der Waals surface area contributed by atoms with Gasteiger partial charge in [-0.3, -0.25) is 0 Å². The molecule has 2 aliphatic rings. The molecule has 5 aromatic rings. The fourth-order valence-corrected chi connectivity index (χ4v) is 11.4. The summed E-state index contributed by atoms with van der Waals surface area (Å²) in [4.78, 5) is 0. The van der Waals surface area contributed by atoms with Crippen LogP contribution in [-0.2, 0) is 6.42 Å². The molecular formula is C38H41N2OP. The zero-order chi connectivity index (χ0) is 28.1. The largest absolute Gasteiger partial charge is 0.476 e. The number of hydrogen-bond acceptors (Lipinski definition) is 3. The van der Waals surface area contributed by atoms with Gasteiger partial charge in [0.1, 0.15) is 5.69 Å². The summed E-state index contributed by atoms with van der Waals surface area (Å²) in [6.07, 6.45) is 14.7. The number of ether oxygens (including phenoxy) is 1. The molecule has 7 rings (SSSR count). The lowest BCUT2D eigenvalue weighted by molar-refractivity contribution is 0.310. The van der Waals surface area contributed by atoms with E-state index in [1.54, 1.807) is 5.30 Å². The van der Waals surface area contributed by atoms with Crippen LogP contribution in [-0.4, -0.2) is 28.1 Å². The Labute approximate surface area is 251 Å². The fourth-order valence-electron chi connectivity index (χ4n) is 7.41. The van der Waals surface area contributed by atoms with Gasteiger partial charge in [-0.2, -0.15) is 0 Å². The molecule has 0 amide bonds. The highest BCUT2D eigenvalue weighted by molar-refractivity contribution is 7.67. The van der Waals surface area contributed by atoms with E-state index in [0.29, 0.717) is 12.5 Å². The van der Waals surface area contributed by atoms with Crippen molar-refractivity contribution in [2.24, 2.45) is 0 Å². The van der Waals surface area contributed by atoms with Crippen molar-refractivity contribution < 1.29 is 4.74 Å². The second-order valence-electron chi connectivity index (χ2n) is 12.2. The topological polar surface area (TPSA) is 35.0 Å². The smallest absolute Gasteiger partial charge is 0.241 e. The van der Waals surface area contributed by atoms with E-state index in [1.807, 2.05) is 0 Å². The van der Waals surface area contributed by atoms with Crippen molar-refractivity contribution in [1.29, 1.82) is 0 Å². The maximum atomic E-state index is 6.30. The highest BCUT2D eigenvalue weighted by Crippen LogP contribution is 2.57. The molecule has 1 aromatic heterocycles. The molecule has 2 fully saturated rings. The van der Waals surface area contributed by atoms with Crippen LogP contribution in [0.25, 0.3) is 32.8 Å². The molecule has 2 aliphatic carbocycles. The van der Waals surface area contributed by atoms with Crippen LogP contribution in [0.5, 0.6) is 5.88 Å². The van der Waals surface area contributed by atoms with E-state index in [9.17, 15) is 0 Å². The standard InChI is InChI=1S/C38H41N2OP/c1-4-14-28(15-5-1)26-27-41-38-34-23-13-12-22-33(34)37(39-40-38)36-32-21-11-10-16-29(32)24-25-35(36)42(30-17-6-2-7-18-30)31-19-8-3-9-20-31/h1,4-5,10-16,21-25,30-31H,2-3,6-9,17-20,26-27H2. The van der Waals surface area contributed by atoms with Crippen LogP contribution in [0.1, 0.15) is 69.8 Å². The first-order chi connectivity index (χ1) is 20.9. The molecule has 0 N–H and O–H groups in total. The molecule has 42 heavy (non-hydrogen) atoms. The number of benzene rings is 4. The van der Waals surface area contributed by atoms with E-state index >= 15 is 0 Å². The van der Waals surface area contributed by atoms with Crippen LogP contribution >= 0.6 is 7.92 Å². The second-order valence-corrected chi connectivity index (χ2v) is 14.9. The minimum absolute atomic E-state index is 0.307. The summed E-state index contributed by atoms with van der Waals surface area (Å²) >= 11 is 0. The van der Waals surface area contributed by atoms with Crippen molar-refractivity contribution in [2.45, 2.75) is 81.9 Å². The van der Waals surface area contributed by atoms with Crippen LogP contribution in [0.15, 0.2) is 91.0 Å². The Kier molecular flexibility index (Phi) is 8.47. The number of aromatic nitrogens is 2. The van der Waals surface area contributed by atoms with Gasteiger partial charge in [0.25, 0.3) is 0 Å². The Balaban J connectivity index is 1.35. The van der Waals surface area contributed by atoms with E-state index in [1.165, 1.54) is 86.1 Å². The molecule has 2 saturated carbocycles. The second kappa shape index (κ2) is 12.9. The fraction of sp³-hybridized carbons (Fsp3) is 0.368. The minimum atomic E-state index is -0.307. The summed E-state index contributed by atoms with van der Waals surface area (Å²) in [6.45, 7) is 0.580. The average Bonchev–Trinajstić information content (AvgIpc) is 3.06. The Bertz CT molecular complexity index is 1620. The van der Waals surface area contributed by atoms with Gasteiger partial charge in [0.2, 0.25) is 5.88 Å². The summed E-state index contributed by atoms with van der Waals surface area (Å²) < 4.78 is 6.30. The van der Waals surface area contributed by atoms with Gasteiger partial charge in [0.15, 0.2) is 0 Å². The maximum absolute atomic E-state index is 6.30. The van der Waals surface area contributed by atoms with E-state index in [4.69, 9.17) is 14.9 Å². The Morgan fingerprint density at radius 3 is 1.93 bits per heavy atom. The van der Waals surface area contributed by atoms with Crippen molar-refractivity contribution in [3.05, 3.63) is 96.6 Å². The van der Waals surface area contributed by atoms with Crippen LogP contribution in [0.3, 0.4) is 0 Å². The third-order valence-corrected chi connectivity index (χ3v) is 13.0. The number of nitrogens with zero attached hydrogens (tertiary/aromatic N) is 2. The van der Waals surface area contributed by atoms with Gasteiger partial charge in [-0.1, -0.05) is 131 Å². The van der Waals surface area contributed by atoms with Gasteiger partial charge in [0.05, 0.1) is 6.61 Å². The molecule has 0 unspecified atom stereocenters. The normalized spacial score (nSPS) is 16.8. The van der Waals surface area contributed by atoms with E-state index in [0.717, 1.165) is 34.2 Å². The SMILES string of the molecule is c1ccc(CCOc2nnc(-c3c(P(C4CCCCC4)C4CCCCC4)ccc4ccccc34)c3ccccc23)cc1. The molecule has 0 spiro atoms. The molecule has 4 heteroatoms. The molecule has 214 valence electrons. The summed E-state index contributed by atoms with van der Waals surface area (Å²) in [7, 11) is -0.307. The van der Waals surface area contributed by atoms with Crippen molar-refractivity contribution in [2.75, 3.05) is 6.61 Å². The van der Waals surface area contributed by atoms with E-state index < -0.39 is 0 Å². The van der Waals surface area contributed by atoms with Gasteiger partial charge in [0, 0.05) is 22.8 Å². The molecule has 0 bridgehead atoms.